The van der Waals surface area contributed by atoms with E-state index in [0.29, 0.717) is 34.9 Å². The number of H-pyrrole nitrogens is 1. The van der Waals surface area contributed by atoms with Gasteiger partial charge in [0.15, 0.2) is 22.6 Å². The van der Waals surface area contributed by atoms with Crippen molar-refractivity contribution in [2.75, 3.05) is 12.9 Å². The van der Waals surface area contributed by atoms with Gasteiger partial charge in [-0.2, -0.15) is 5.10 Å². The van der Waals surface area contributed by atoms with Crippen LogP contribution in [0.1, 0.15) is 12.7 Å². The van der Waals surface area contributed by atoms with Gasteiger partial charge in [-0.05, 0) is 43.3 Å². The molecule has 2 N–H and O–H groups in total. The lowest BCUT2D eigenvalue weighted by molar-refractivity contribution is -0.118. The minimum absolute atomic E-state index is 0.141. The lowest BCUT2D eigenvalue weighted by Gasteiger charge is -2.06. The number of aromatic amines is 1. The van der Waals surface area contributed by atoms with Crippen molar-refractivity contribution in [3.8, 4) is 28.7 Å². The molecule has 3 heterocycles. The monoisotopic (exact) mass is 439 g/mol. The van der Waals surface area contributed by atoms with Gasteiger partial charge in [0.1, 0.15) is 11.6 Å². The maximum absolute atomic E-state index is 12.3. The minimum Gasteiger partial charge on any atom is -0.497 e. The third kappa shape index (κ3) is 4.77. The molecule has 0 saturated carbocycles. The Morgan fingerprint density at radius 1 is 1.26 bits per heavy atom. The first-order valence-corrected chi connectivity index (χ1v) is 10.6. The van der Waals surface area contributed by atoms with E-state index in [1.165, 1.54) is 11.8 Å². The standard InChI is InChI=1S/C20H21N7O3S/c1-3-27-19(15-5-4-10-30-15)25-26-20(27)31-12-17(28)21-11-16-22-18(24-23-16)13-6-8-14(29-2)9-7-13/h4-10H,3,11-12H2,1-2H3,(H,21,28)(H,22,23,24). The van der Waals surface area contributed by atoms with Crippen molar-refractivity contribution in [2.45, 2.75) is 25.2 Å². The lowest BCUT2D eigenvalue weighted by atomic mass is 10.2. The van der Waals surface area contributed by atoms with Crippen LogP contribution in [0, 0.1) is 0 Å². The Hall–Kier alpha value is -3.60. The molecule has 4 rings (SSSR count). The molecule has 0 aliphatic heterocycles. The van der Waals surface area contributed by atoms with Crippen molar-refractivity contribution in [3.63, 3.8) is 0 Å². The van der Waals surface area contributed by atoms with Crippen molar-refractivity contribution in [1.82, 2.24) is 35.3 Å². The molecule has 0 bridgehead atoms. The van der Waals surface area contributed by atoms with Crippen LogP contribution in [0.25, 0.3) is 23.0 Å². The van der Waals surface area contributed by atoms with E-state index >= 15 is 0 Å². The topological polar surface area (TPSA) is 124 Å². The fourth-order valence-corrected chi connectivity index (χ4v) is 3.71. The van der Waals surface area contributed by atoms with Crippen LogP contribution in [0.5, 0.6) is 5.75 Å². The molecule has 0 unspecified atom stereocenters. The Morgan fingerprint density at radius 3 is 2.81 bits per heavy atom. The van der Waals surface area contributed by atoms with Gasteiger partial charge < -0.3 is 14.5 Å². The van der Waals surface area contributed by atoms with E-state index in [1.807, 2.05) is 41.8 Å². The van der Waals surface area contributed by atoms with Gasteiger partial charge in [0.05, 0.1) is 25.7 Å². The molecule has 0 saturated heterocycles. The Labute approximate surface area is 182 Å². The quantitative estimate of drug-likeness (QED) is 0.382. The van der Waals surface area contributed by atoms with Crippen LogP contribution in [-0.4, -0.2) is 48.7 Å². The summed E-state index contributed by atoms with van der Waals surface area (Å²) in [6.07, 6.45) is 1.59. The van der Waals surface area contributed by atoms with E-state index in [0.717, 1.165) is 11.3 Å². The predicted octanol–water partition coefficient (Wildman–Crippen LogP) is 2.76. The summed E-state index contributed by atoms with van der Waals surface area (Å²) < 4.78 is 12.5. The average molecular weight is 440 g/mol. The first-order valence-electron chi connectivity index (χ1n) is 9.60. The number of ether oxygens (including phenoxy) is 1. The molecule has 0 aliphatic carbocycles. The number of furan rings is 1. The molecule has 1 aromatic carbocycles. The van der Waals surface area contributed by atoms with Crippen LogP contribution >= 0.6 is 11.8 Å². The summed E-state index contributed by atoms with van der Waals surface area (Å²) in [4.78, 5) is 16.7. The number of hydrogen-bond acceptors (Lipinski definition) is 8. The van der Waals surface area contributed by atoms with Crippen molar-refractivity contribution < 1.29 is 13.9 Å². The van der Waals surface area contributed by atoms with Crippen LogP contribution in [0.15, 0.2) is 52.2 Å². The second-order valence-corrected chi connectivity index (χ2v) is 7.37. The van der Waals surface area contributed by atoms with Crippen LogP contribution in [0.4, 0.5) is 0 Å². The van der Waals surface area contributed by atoms with Gasteiger partial charge >= 0.3 is 0 Å². The number of thioether (sulfide) groups is 1. The third-order valence-electron chi connectivity index (χ3n) is 4.44. The second kappa shape index (κ2) is 9.47. The highest BCUT2D eigenvalue weighted by atomic mass is 32.2. The number of benzene rings is 1. The molecule has 0 fully saturated rings. The van der Waals surface area contributed by atoms with Gasteiger partial charge in [0, 0.05) is 12.1 Å². The van der Waals surface area contributed by atoms with Gasteiger partial charge in [-0.1, -0.05) is 11.8 Å². The Bertz CT molecular complexity index is 1140. The highest BCUT2D eigenvalue weighted by Gasteiger charge is 2.16. The molecule has 0 aliphatic rings. The molecule has 0 atom stereocenters. The van der Waals surface area contributed by atoms with Gasteiger partial charge in [-0.15, -0.1) is 10.2 Å². The van der Waals surface area contributed by atoms with E-state index in [9.17, 15) is 4.79 Å². The summed E-state index contributed by atoms with van der Waals surface area (Å²) in [5.74, 6) is 3.24. The lowest BCUT2D eigenvalue weighted by Crippen LogP contribution is -2.25. The molecule has 31 heavy (non-hydrogen) atoms. The first-order chi connectivity index (χ1) is 15.2. The van der Waals surface area contributed by atoms with Gasteiger partial charge in [-0.25, -0.2) is 4.98 Å². The number of methoxy groups -OCH3 is 1. The summed E-state index contributed by atoms with van der Waals surface area (Å²) in [6, 6.07) is 11.1. The van der Waals surface area contributed by atoms with Gasteiger partial charge in [0.2, 0.25) is 5.91 Å². The minimum atomic E-state index is -0.141. The largest absolute Gasteiger partial charge is 0.497 e. The zero-order valence-electron chi connectivity index (χ0n) is 17.0. The van der Waals surface area contributed by atoms with E-state index in [4.69, 9.17) is 9.15 Å². The molecule has 10 nitrogen and oxygen atoms in total. The SMILES string of the molecule is CCn1c(SCC(=O)NCc2nc(-c3ccc(OC)cc3)n[nH]2)nnc1-c1ccco1. The number of nitrogens with one attached hydrogen (secondary N) is 2. The molecule has 11 heteroatoms. The summed E-state index contributed by atoms with van der Waals surface area (Å²) in [5, 5.41) is 18.9. The first kappa shape index (κ1) is 20.7. The van der Waals surface area contributed by atoms with Crippen LogP contribution in [-0.2, 0) is 17.9 Å². The molecule has 1 amide bonds. The van der Waals surface area contributed by atoms with Gasteiger partial charge in [-0.3, -0.25) is 14.5 Å². The summed E-state index contributed by atoms with van der Waals surface area (Å²) in [7, 11) is 1.62. The molecule has 4 aromatic rings. The average Bonchev–Trinajstić information content (AvgIpc) is 3.56. The number of aromatic nitrogens is 6. The molecular weight excluding hydrogens is 418 g/mol. The fraction of sp³-hybridized carbons (Fsp3) is 0.250. The van der Waals surface area contributed by atoms with Crippen LogP contribution < -0.4 is 10.1 Å². The van der Waals surface area contributed by atoms with E-state index in [1.54, 1.807) is 19.4 Å². The highest BCUT2D eigenvalue weighted by molar-refractivity contribution is 7.99. The molecule has 0 radical (unpaired) electrons. The van der Waals surface area contributed by atoms with Crippen molar-refractivity contribution in [1.29, 1.82) is 0 Å². The molecular formula is C20H21N7O3S. The normalized spacial score (nSPS) is 10.9. The maximum Gasteiger partial charge on any atom is 0.230 e. The number of amides is 1. The number of nitrogens with zero attached hydrogens (tertiary/aromatic N) is 5. The van der Waals surface area contributed by atoms with E-state index in [2.05, 4.69) is 30.7 Å². The molecule has 3 aromatic heterocycles. The third-order valence-corrected chi connectivity index (χ3v) is 5.41. The predicted molar refractivity (Wildman–Crippen MR) is 114 cm³/mol. The Kier molecular flexibility index (Phi) is 6.32. The highest BCUT2D eigenvalue weighted by Crippen LogP contribution is 2.24. The number of carbonyl (C=O) groups is 1. The number of carbonyl (C=O) groups excluding carboxylic acids is 1. The Balaban J connectivity index is 1.31. The summed E-state index contributed by atoms with van der Waals surface area (Å²) in [5.41, 5.74) is 0.858. The maximum atomic E-state index is 12.3. The number of rotatable bonds is 9. The molecule has 0 spiro atoms. The van der Waals surface area contributed by atoms with Crippen LogP contribution in [0.3, 0.4) is 0 Å². The number of hydrogen-bond donors (Lipinski definition) is 2. The summed E-state index contributed by atoms with van der Waals surface area (Å²) in [6.45, 7) is 2.91. The van der Waals surface area contributed by atoms with Crippen molar-refractivity contribution in [3.05, 3.63) is 48.5 Å². The molecule has 160 valence electrons. The van der Waals surface area contributed by atoms with E-state index < -0.39 is 0 Å². The van der Waals surface area contributed by atoms with Crippen molar-refractivity contribution in [2.24, 2.45) is 0 Å². The van der Waals surface area contributed by atoms with Gasteiger partial charge in [0.25, 0.3) is 0 Å². The zero-order valence-corrected chi connectivity index (χ0v) is 17.8. The van der Waals surface area contributed by atoms with Crippen LogP contribution in [0.2, 0.25) is 0 Å². The second-order valence-electron chi connectivity index (χ2n) is 6.43. The van der Waals surface area contributed by atoms with E-state index in [-0.39, 0.29) is 18.2 Å². The summed E-state index contributed by atoms with van der Waals surface area (Å²) >= 11 is 1.32. The Morgan fingerprint density at radius 2 is 2.10 bits per heavy atom. The fourth-order valence-electron chi connectivity index (χ4n) is 2.88. The smallest absolute Gasteiger partial charge is 0.230 e. The zero-order chi connectivity index (χ0) is 21.6. The van der Waals surface area contributed by atoms with Crippen molar-refractivity contribution >= 4 is 17.7 Å².